The maximum absolute atomic E-state index is 11.7. The Kier molecular flexibility index (Phi) is 4.79. The second-order valence-electron chi connectivity index (χ2n) is 5.17. The quantitative estimate of drug-likeness (QED) is 0.624. The molecular weight excluding hydrogens is 282 g/mol. The highest BCUT2D eigenvalue weighted by molar-refractivity contribution is 5.49. The van der Waals surface area contributed by atoms with Crippen LogP contribution >= 0.6 is 0 Å². The third kappa shape index (κ3) is 3.44. The third-order valence-corrected chi connectivity index (χ3v) is 3.34. The summed E-state index contributed by atoms with van der Waals surface area (Å²) in [5.41, 5.74) is 1.61. The lowest BCUT2D eigenvalue weighted by Gasteiger charge is -2.08. The van der Waals surface area contributed by atoms with Gasteiger partial charge >= 0.3 is 5.08 Å². The Labute approximate surface area is 128 Å². The molecular formula is C16H18N3O3+. The molecule has 1 heterocycles. The molecule has 6 heteroatoms. The minimum Gasteiger partial charge on any atom is -0.490 e. The van der Waals surface area contributed by atoms with Crippen LogP contribution in [-0.2, 0) is 6.54 Å². The van der Waals surface area contributed by atoms with Gasteiger partial charge in [-0.3, -0.25) is 4.79 Å². The van der Waals surface area contributed by atoms with Crippen LogP contribution in [0.1, 0.15) is 31.1 Å². The highest BCUT2D eigenvalue weighted by Gasteiger charge is 2.19. The van der Waals surface area contributed by atoms with E-state index in [4.69, 9.17) is 9.15 Å². The zero-order valence-corrected chi connectivity index (χ0v) is 12.8. The van der Waals surface area contributed by atoms with E-state index in [2.05, 4.69) is 18.9 Å². The Morgan fingerprint density at radius 2 is 2.00 bits per heavy atom. The predicted molar refractivity (Wildman–Crippen MR) is 83.3 cm³/mol. The van der Waals surface area contributed by atoms with Crippen molar-refractivity contribution in [1.29, 1.82) is 5.39 Å². The number of methoxy groups -OCH3 is 1. The van der Waals surface area contributed by atoms with Gasteiger partial charge < -0.3 is 9.15 Å². The summed E-state index contributed by atoms with van der Waals surface area (Å²) in [4.78, 5) is 11.7. The molecule has 0 aliphatic carbocycles. The standard InChI is InChI=1S/C16H18N3O3/c1-11(2)12-4-6-13(7-5-12)19(18-17)9-14-8-15(20)16(21-3)10-22-14/h4-8,10-11H,9H2,1-3H3/q+1. The molecule has 0 bridgehead atoms. The van der Waals surface area contributed by atoms with Crippen LogP contribution in [-0.4, -0.2) is 7.11 Å². The van der Waals surface area contributed by atoms with E-state index >= 15 is 0 Å². The Morgan fingerprint density at radius 3 is 2.50 bits per heavy atom. The van der Waals surface area contributed by atoms with Gasteiger partial charge in [0.05, 0.1) is 7.11 Å². The lowest BCUT2D eigenvalue weighted by atomic mass is 10.0. The van der Waals surface area contributed by atoms with Crippen molar-refractivity contribution in [2.45, 2.75) is 26.3 Å². The average Bonchev–Trinajstić information content (AvgIpc) is 2.53. The topological polar surface area (TPSA) is 70.8 Å². The molecule has 0 atom stereocenters. The molecule has 0 spiro atoms. The molecule has 114 valence electrons. The second kappa shape index (κ2) is 6.76. The number of ether oxygens (including phenoxy) is 1. The van der Waals surface area contributed by atoms with Crippen LogP contribution < -0.4 is 15.2 Å². The van der Waals surface area contributed by atoms with Crippen molar-refractivity contribution in [2.75, 3.05) is 12.1 Å². The van der Waals surface area contributed by atoms with Gasteiger partial charge in [-0.25, -0.2) is 0 Å². The van der Waals surface area contributed by atoms with Gasteiger partial charge in [-0.1, -0.05) is 26.0 Å². The van der Waals surface area contributed by atoms with E-state index in [1.807, 2.05) is 24.3 Å². The summed E-state index contributed by atoms with van der Waals surface area (Å²) in [5, 5.41) is 13.8. The normalized spacial score (nSPS) is 10.3. The van der Waals surface area contributed by atoms with Crippen molar-refractivity contribution >= 4 is 5.69 Å². The van der Waals surface area contributed by atoms with E-state index in [1.165, 1.54) is 30.0 Å². The molecule has 0 amide bonds. The number of hydrogen-bond donors (Lipinski definition) is 0. The van der Waals surface area contributed by atoms with E-state index in [0.717, 1.165) is 0 Å². The lowest BCUT2D eigenvalue weighted by Crippen LogP contribution is -2.15. The van der Waals surface area contributed by atoms with E-state index < -0.39 is 0 Å². The van der Waals surface area contributed by atoms with Crippen LogP contribution in [0.5, 0.6) is 5.75 Å². The summed E-state index contributed by atoms with van der Waals surface area (Å²) in [6.07, 6.45) is 1.25. The van der Waals surface area contributed by atoms with E-state index in [0.29, 0.717) is 17.4 Å². The lowest BCUT2D eigenvalue weighted by molar-refractivity contribution is 0.378. The van der Waals surface area contributed by atoms with Crippen LogP contribution in [0.15, 0.2) is 45.8 Å². The summed E-state index contributed by atoms with van der Waals surface area (Å²) >= 11 is 0. The monoisotopic (exact) mass is 300 g/mol. The molecule has 0 aliphatic rings. The summed E-state index contributed by atoms with van der Waals surface area (Å²) in [7, 11) is 1.40. The Hall–Kier alpha value is -2.81. The first kappa shape index (κ1) is 15.6. The zero-order chi connectivity index (χ0) is 16.1. The first-order chi connectivity index (χ1) is 10.5. The number of benzene rings is 1. The summed E-state index contributed by atoms with van der Waals surface area (Å²) in [5.74, 6) is 0.933. The fraction of sp³-hybridized carbons (Fsp3) is 0.312. The van der Waals surface area contributed by atoms with Crippen LogP contribution in [0.4, 0.5) is 5.69 Å². The van der Waals surface area contributed by atoms with Crippen LogP contribution in [0.25, 0.3) is 5.08 Å². The highest BCUT2D eigenvalue weighted by Crippen LogP contribution is 2.22. The Bertz CT molecular complexity index is 730. The van der Waals surface area contributed by atoms with Gasteiger partial charge in [0.15, 0.2) is 6.54 Å². The first-order valence-corrected chi connectivity index (χ1v) is 6.93. The van der Waals surface area contributed by atoms with Gasteiger partial charge in [0, 0.05) is 11.1 Å². The van der Waals surface area contributed by atoms with Gasteiger partial charge in [-0.05, 0) is 23.6 Å². The molecule has 1 aromatic heterocycles. The summed E-state index contributed by atoms with van der Waals surface area (Å²) in [6.45, 7) is 4.35. The average molecular weight is 300 g/mol. The Morgan fingerprint density at radius 1 is 1.32 bits per heavy atom. The number of anilines is 1. The van der Waals surface area contributed by atoms with Crippen molar-refractivity contribution in [3.63, 3.8) is 0 Å². The van der Waals surface area contributed by atoms with Crippen LogP contribution in [0.2, 0.25) is 0 Å². The molecule has 0 unspecified atom stereocenters. The van der Waals surface area contributed by atoms with Gasteiger partial charge in [0.25, 0.3) is 5.39 Å². The number of hydrogen-bond acceptors (Lipinski definition) is 5. The molecule has 0 N–H and O–H groups in total. The Balaban J connectivity index is 2.20. The zero-order valence-electron chi connectivity index (χ0n) is 12.8. The largest absolute Gasteiger partial charge is 0.490 e. The predicted octanol–water partition coefficient (Wildman–Crippen LogP) is 3.55. The smallest absolute Gasteiger partial charge is 0.311 e. The van der Waals surface area contributed by atoms with Gasteiger partial charge in [0.1, 0.15) is 17.7 Å². The number of diazo groups is 1. The van der Waals surface area contributed by atoms with Crippen LogP contribution in [0, 0.1) is 5.39 Å². The van der Waals surface area contributed by atoms with Crippen molar-refractivity contribution < 1.29 is 9.15 Å². The minimum absolute atomic E-state index is 0.136. The van der Waals surface area contributed by atoms with E-state index in [1.54, 1.807) is 0 Å². The third-order valence-electron chi connectivity index (χ3n) is 3.34. The van der Waals surface area contributed by atoms with Crippen LogP contribution in [0.3, 0.4) is 0 Å². The number of nitrogens with zero attached hydrogens (tertiary/aromatic N) is 3. The molecule has 22 heavy (non-hydrogen) atoms. The fourth-order valence-corrected chi connectivity index (χ4v) is 2.02. The molecule has 0 aliphatic heterocycles. The van der Waals surface area contributed by atoms with Crippen molar-refractivity contribution in [1.82, 2.24) is 0 Å². The summed E-state index contributed by atoms with van der Waals surface area (Å²) < 4.78 is 10.2. The van der Waals surface area contributed by atoms with Crippen molar-refractivity contribution in [3.05, 3.63) is 63.2 Å². The molecule has 0 saturated heterocycles. The molecule has 0 saturated carbocycles. The molecule has 2 rings (SSSR count). The first-order valence-electron chi connectivity index (χ1n) is 6.93. The molecule has 1 aromatic carbocycles. The van der Waals surface area contributed by atoms with E-state index in [-0.39, 0.29) is 17.7 Å². The molecule has 6 nitrogen and oxygen atoms in total. The van der Waals surface area contributed by atoms with Crippen molar-refractivity contribution in [3.8, 4) is 5.75 Å². The molecule has 2 aromatic rings. The van der Waals surface area contributed by atoms with Gasteiger partial charge in [-0.15, -0.1) is 0 Å². The van der Waals surface area contributed by atoms with E-state index in [9.17, 15) is 10.2 Å². The SMILES string of the molecule is COc1coc(CN([N+]#N)c2ccc(C(C)C)cc2)cc1=O. The van der Waals surface area contributed by atoms with Crippen molar-refractivity contribution in [2.24, 2.45) is 0 Å². The fourth-order valence-electron chi connectivity index (χ4n) is 2.02. The second-order valence-corrected chi connectivity index (χ2v) is 5.17. The minimum atomic E-state index is -0.281. The number of rotatable bonds is 5. The van der Waals surface area contributed by atoms with Gasteiger partial charge in [0.2, 0.25) is 11.2 Å². The van der Waals surface area contributed by atoms with Gasteiger partial charge in [-0.2, -0.15) is 0 Å². The molecule has 0 radical (unpaired) electrons. The maximum atomic E-state index is 11.7. The molecule has 0 fully saturated rings. The maximum Gasteiger partial charge on any atom is 0.311 e. The summed E-state index contributed by atoms with van der Waals surface area (Å²) in [6, 6.07) is 8.98. The highest BCUT2D eigenvalue weighted by atomic mass is 16.5.